The Bertz CT molecular complexity index is 1390. The molecule has 3 aliphatic rings. The van der Waals surface area contributed by atoms with E-state index in [4.69, 9.17) is 29.2 Å². The molecule has 0 aliphatic heterocycles. The molecule has 2 saturated carbocycles. The van der Waals surface area contributed by atoms with Crippen molar-refractivity contribution in [2.45, 2.75) is 114 Å². The van der Waals surface area contributed by atoms with Gasteiger partial charge in [0, 0.05) is 56.8 Å². The maximum absolute atomic E-state index is 13.2. The number of ether oxygens (including phenoxy) is 5. The predicted molar refractivity (Wildman–Crippen MR) is 218 cm³/mol. The summed E-state index contributed by atoms with van der Waals surface area (Å²) >= 11 is 0. The van der Waals surface area contributed by atoms with Gasteiger partial charge in [-0.1, -0.05) is 41.0 Å². The number of benzene rings is 1. The second-order valence-electron chi connectivity index (χ2n) is 16.7. The van der Waals surface area contributed by atoms with Crippen molar-refractivity contribution in [3.8, 4) is 5.75 Å². The molecule has 0 radical (unpaired) electrons. The summed E-state index contributed by atoms with van der Waals surface area (Å²) in [6.45, 7) is 5.47. The standard InChI is InChI=1S/C42H64F9NO7S2/c1-38-15-14-34-33-11-9-32(57-19-5-18-55-23-25-60-61-26-24-56-22-17-52(2)16-4-3-7-30(28-53)29-54)27-31(33)8-10-35(34)36(38)12-13-37(38)58-20-6-21-59-39(40(43,44)45,41(46,47)48)42(49,50)51/h9,11,27,30,34-37,53-54H,3-8,10,12-26,28-29H2,1-2H3/t34?,35?,36?,37-,38-/m0/s1. The summed E-state index contributed by atoms with van der Waals surface area (Å²) in [4.78, 5) is 2.24. The summed E-state index contributed by atoms with van der Waals surface area (Å²) in [6.07, 6.45) is -12.4. The normalized spacial score (nSPS) is 23.4. The van der Waals surface area contributed by atoms with Crippen molar-refractivity contribution in [3.05, 3.63) is 29.3 Å². The second kappa shape index (κ2) is 24.4. The molecule has 0 amide bonds. The molecule has 0 heterocycles. The Morgan fingerprint density at radius 3 is 2.07 bits per heavy atom. The highest BCUT2D eigenvalue weighted by atomic mass is 33.1. The van der Waals surface area contributed by atoms with Gasteiger partial charge in [0.25, 0.3) is 0 Å². The monoisotopic (exact) mass is 929 g/mol. The third-order valence-corrected chi connectivity index (χ3v) is 15.0. The fourth-order valence-electron chi connectivity index (χ4n) is 9.36. The van der Waals surface area contributed by atoms with Crippen molar-refractivity contribution in [2.75, 3.05) is 91.1 Å². The SMILES string of the molecule is CN(CCCCC(CO)CO)CCOCCSSCCOCCCOc1ccc2c(c1)CCC1C2CC[C@@]2(C)C1CC[C@@H]2OCCCOC(C(F)(F)F)(C(F)(F)F)C(F)(F)F. The van der Waals surface area contributed by atoms with Crippen LogP contribution in [0.3, 0.4) is 0 Å². The van der Waals surface area contributed by atoms with Gasteiger partial charge in [0.1, 0.15) is 5.75 Å². The fourth-order valence-corrected chi connectivity index (χ4v) is 11.1. The molecule has 3 unspecified atom stereocenters. The number of aliphatic hydroxyl groups is 2. The van der Waals surface area contributed by atoms with Gasteiger partial charge in [-0.05, 0) is 118 Å². The number of hydrogen-bond donors (Lipinski definition) is 2. The lowest BCUT2D eigenvalue weighted by molar-refractivity contribution is -0.457. The van der Waals surface area contributed by atoms with Gasteiger partial charge in [-0.15, -0.1) is 0 Å². The number of rotatable bonds is 28. The first kappa shape index (κ1) is 52.4. The summed E-state index contributed by atoms with van der Waals surface area (Å²) in [5.41, 5.74) is -3.95. The maximum Gasteiger partial charge on any atom is 0.435 e. The van der Waals surface area contributed by atoms with Gasteiger partial charge in [-0.3, -0.25) is 0 Å². The van der Waals surface area contributed by atoms with Crippen molar-refractivity contribution in [2.24, 2.45) is 23.2 Å². The summed E-state index contributed by atoms with van der Waals surface area (Å²) in [5.74, 6) is 3.63. The molecule has 8 nitrogen and oxygen atoms in total. The van der Waals surface area contributed by atoms with Crippen LogP contribution in [0.2, 0.25) is 0 Å². The Labute approximate surface area is 362 Å². The Kier molecular flexibility index (Phi) is 20.9. The first-order valence-corrected chi connectivity index (χ1v) is 23.9. The van der Waals surface area contributed by atoms with Crippen LogP contribution in [0.4, 0.5) is 39.5 Å². The van der Waals surface area contributed by atoms with Gasteiger partial charge in [-0.25, -0.2) is 0 Å². The van der Waals surface area contributed by atoms with Crippen molar-refractivity contribution in [1.82, 2.24) is 4.90 Å². The Morgan fingerprint density at radius 2 is 1.41 bits per heavy atom. The second-order valence-corrected chi connectivity index (χ2v) is 19.4. The third kappa shape index (κ3) is 14.2. The van der Waals surface area contributed by atoms with E-state index in [1.165, 1.54) is 11.1 Å². The quantitative estimate of drug-likeness (QED) is 0.0482. The van der Waals surface area contributed by atoms with Crippen molar-refractivity contribution in [1.29, 1.82) is 0 Å². The molecule has 2 N–H and O–H groups in total. The van der Waals surface area contributed by atoms with Gasteiger partial charge in [0.05, 0.1) is 39.1 Å². The topological polar surface area (TPSA) is 89.9 Å². The molecule has 1 aromatic rings. The van der Waals surface area contributed by atoms with E-state index in [-0.39, 0.29) is 37.3 Å². The minimum atomic E-state index is -6.74. The van der Waals surface area contributed by atoms with Gasteiger partial charge in [-0.2, -0.15) is 39.5 Å². The lowest BCUT2D eigenvalue weighted by atomic mass is 9.55. The van der Waals surface area contributed by atoms with Crippen LogP contribution in [0.15, 0.2) is 18.2 Å². The largest absolute Gasteiger partial charge is 0.493 e. The average Bonchev–Trinajstić information content (AvgIpc) is 3.53. The zero-order chi connectivity index (χ0) is 44.7. The van der Waals surface area contributed by atoms with Crippen LogP contribution in [0, 0.1) is 23.2 Å². The summed E-state index contributed by atoms with van der Waals surface area (Å²) < 4.78 is 146. The lowest BCUT2D eigenvalue weighted by Gasteiger charge is -2.50. The number of likely N-dealkylation sites (N-methyl/N-ethyl adjacent to an activating group) is 1. The van der Waals surface area contributed by atoms with Gasteiger partial charge in [0.2, 0.25) is 0 Å². The van der Waals surface area contributed by atoms with Crippen LogP contribution in [-0.4, -0.2) is 136 Å². The van der Waals surface area contributed by atoms with Gasteiger partial charge in [0.15, 0.2) is 0 Å². The van der Waals surface area contributed by atoms with E-state index in [2.05, 4.69) is 35.7 Å². The van der Waals surface area contributed by atoms with Crippen molar-refractivity contribution >= 4 is 21.6 Å². The molecule has 61 heavy (non-hydrogen) atoms. The fraction of sp³-hybridized carbons (Fsp3) is 0.857. The highest BCUT2D eigenvalue weighted by Crippen LogP contribution is 2.62. The zero-order valence-electron chi connectivity index (χ0n) is 35.2. The summed E-state index contributed by atoms with van der Waals surface area (Å²) in [5, 5.41) is 18.3. The maximum atomic E-state index is 13.2. The molecule has 2 fully saturated rings. The number of halogens is 9. The molecule has 4 rings (SSSR count). The zero-order valence-corrected chi connectivity index (χ0v) is 36.8. The lowest BCUT2D eigenvalue weighted by Crippen LogP contribution is -2.67. The van der Waals surface area contributed by atoms with E-state index in [9.17, 15) is 39.5 Å². The Hall–Kier alpha value is -1.19. The first-order chi connectivity index (χ1) is 28.9. The molecule has 1 aromatic carbocycles. The smallest absolute Gasteiger partial charge is 0.435 e. The molecule has 3 aliphatic carbocycles. The molecule has 0 spiro atoms. The van der Waals surface area contributed by atoms with Crippen LogP contribution in [0.1, 0.15) is 88.2 Å². The number of hydrogen-bond acceptors (Lipinski definition) is 10. The number of aliphatic hydroxyl groups excluding tert-OH is 2. The average molecular weight is 930 g/mol. The number of alkyl halides is 9. The van der Waals surface area contributed by atoms with E-state index in [0.29, 0.717) is 57.2 Å². The minimum absolute atomic E-state index is 0.0121. The van der Waals surface area contributed by atoms with Crippen molar-refractivity contribution in [3.63, 3.8) is 0 Å². The number of aryl methyl sites for hydroxylation is 1. The van der Waals surface area contributed by atoms with E-state index < -0.39 is 37.2 Å². The number of unbranched alkanes of at least 4 members (excludes halogenated alkanes) is 1. The molecule has 0 saturated heterocycles. The Balaban J connectivity index is 1.06. The third-order valence-electron chi connectivity index (χ3n) is 12.7. The highest BCUT2D eigenvalue weighted by Gasteiger charge is 2.85. The molecule has 354 valence electrons. The van der Waals surface area contributed by atoms with Crippen LogP contribution < -0.4 is 4.74 Å². The number of nitrogens with zero attached hydrogens (tertiary/aromatic N) is 1. The van der Waals surface area contributed by atoms with Gasteiger partial charge < -0.3 is 38.8 Å². The minimum Gasteiger partial charge on any atom is -0.493 e. The van der Waals surface area contributed by atoms with Crippen LogP contribution >= 0.6 is 21.6 Å². The van der Waals surface area contributed by atoms with Crippen LogP contribution in [-0.2, 0) is 25.4 Å². The highest BCUT2D eigenvalue weighted by molar-refractivity contribution is 8.76. The molecule has 0 aromatic heterocycles. The predicted octanol–water partition coefficient (Wildman–Crippen LogP) is 9.65. The van der Waals surface area contributed by atoms with E-state index in [1.54, 1.807) is 21.6 Å². The van der Waals surface area contributed by atoms with Crippen LogP contribution in [0.25, 0.3) is 0 Å². The molecule has 0 bridgehead atoms. The first-order valence-electron chi connectivity index (χ1n) is 21.4. The summed E-state index contributed by atoms with van der Waals surface area (Å²) in [7, 11) is 5.61. The summed E-state index contributed by atoms with van der Waals surface area (Å²) in [6, 6.07) is 6.29. The molecular formula is C42H64F9NO7S2. The van der Waals surface area contributed by atoms with Crippen LogP contribution in [0.5, 0.6) is 5.75 Å². The van der Waals surface area contributed by atoms with E-state index in [1.807, 2.05) is 6.07 Å². The van der Waals surface area contributed by atoms with E-state index >= 15 is 0 Å². The number of fused-ring (bicyclic) bond motifs is 5. The molecule has 5 atom stereocenters. The molecular weight excluding hydrogens is 866 g/mol. The van der Waals surface area contributed by atoms with Gasteiger partial charge >= 0.3 is 24.1 Å². The molecule has 19 heteroatoms. The Morgan fingerprint density at radius 1 is 0.754 bits per heavy atom. The van der Waals surface area contributed by atoms with E-state index in [0.717, 1.165) is 88.1 Å². The van der Waals surface area contributed by atoms with Crippen molar-refractivity contribution < 1.29 is 73.4 Å².